The van der Waals surface area contributed by atoms with E-state index in [1.54, 1.807) is 0 Å². The number of nitrogens with zero attached hydrogens (tertiary/aromatic N) is 2. The summed E-state index contributed by atoms with van der Waals surface area (Å²) in [6.07, 6.45) is 5.25. The van der Waals surface area contributed by atoms with E-state index in [4.69, 9.17) is 0 Å². The van der Waals surface area contributed by atoms with Crippen LogP contribution in [0.1, 0.15) is 46.0 Å². The largest absolute Gasteiger partial charge is 0.342 e. The fourth-order valence-corrected chi connectivity index (χ4v) is 3.82. The molecule has 2 N–H and O–H groups in total. The third-order valence-electron chi connectivity index (χ3n) is 5.45. The lowest BCUT2D eigenvalue weighted by Crippen LogP contribution is -2.51. The molecule has 0 aliphatic carbocycles. The summed E-state index contributed by atoms with van der Waals surface area (Å²) < 4.78 is 0. The Balaban J connectivity index is 0.00000338. The number of hydrogen-bond acceptors (Lipinski definition) is 3. The van der Waals surface area contributed by atoms with Crippen LogP contribution in [0.3, 0.4) is 0 Å². The van der Waals surface area contributed by atoms with Crippen molar-refractivity contribution in [2.75, 3.05) is 46.3 Å². The van der Waals surface area contributed by atoms with Gasteiger partial charge < -0.3 is 20.4 Å². The number of amides is 3. The fourth-order valence-electron chi connectivity index (χ4n) is 3.82. The van der Waals surface area contributed by atoms with Crippen LogP contribution in [0.15, 0.2) is 0 Å². The van der Waals surface area contributed by atoms with Gasteiger partial charge in [-0.05, 0) is 57.5 Å². The number of urea groups is 1. The Hall–Kier alpha value is -1.01. The summed E-state index contributed by atoms with van der Waals surface area (Å²) in [5.74, 6) is 1.41. The number of carbonyl (C=O) groups excluding carboxylic acids is 2. The molecule has 0 bridgehead atoms. The molecule has 0 aromatic rings. The highest BCUT2D eigenvalue weighted by Crippen LogP contribution is 2.24. The molecule has 3 amide bonds. The van der Waals surface area contributed by atoms with Gasteiger partial charge in [-0.2, -0.15) is 0 Å². The molecule has 2 saturated heterocycles. The van der Waals surface area contributed by atoms with Crippen molar-refractivity contribution in [1.82, 2.24) is 20.4 Å². The van der Waals surface area contributed by atoms with E-state index in [1.165, 1.54) is 6.42 Å². The van der Waals surface area contributed by atoms with E-state index in [-0.39, 0.29) is 30.3 Å². The standard InChI is InChI=1S/C19H36N4O2.ClH/c1-15(2)13-21-19(25)23-10-4-5-17(14-23)18(24)22-11-7-16(8-12-22)6-9-20-3;/h15-17,20H,4-14H2,1-3H3,(H,21,25);1H. The first-order valence-corrected chi connectivity index (χ1v) is 9.97. The van der Waals surface area contributed by atoms with E-state index < -0.39 is 0 Å². The Kier molecular flexibility index (Phi) is 10.3. The lowest BCUT2D eigenvalue weighted by Gasteiger charge is -2.38. The number of rotatable bonds is 6. The molecule has 0 saturated carbocycles. The second-order valence-electron chi connectivity index (χ2n) is 8.03. The third-order valence-corrected chi connectivity index (χ3v) is 5.45. The van der Waals surface area contributed by atoms with Crippen LogP contribution in [0.4, 0.5) is 4.79 Å². The Labute approximate surface area is 164 Å². The summed E-state index contributed by atoms with van der Waals surface area (Å²) in [6, 6.07) is -0.0167. The van der Waals surface area contributed by atoms with Gasteiger partial charge in [0.1, 0.15) is 0 Å². The number of likely N-dealkylation sites (tertiary alicyclic amines) is 2. The minimum absolute atomic E-state index is 0. The van der Waals surface area contributed by atoms with Crippen molar-refractivity contribution in [2.45, 2.75) is 46.0 Å². The van der Waals surface area contributed by atoms with Crippen molar-refractivity contribution < 1.29 is 9.59 Å². The Morgan fingerprint density at radius 3 is 2.38 bits per heavy atom. The molecule has 7 heteroatoms. The van der Waals surface area contributed by atoms with E-state index in [9.17, 15) is 9.59 Å². The van der Waals surface area contributed by atoms with Crippen LogP contribution in [-0.4, -0.2) is 68.1 Å². The molecule has 6 nitrogen and oxygen atoms in total. The van der Waals surface area contributed by atoms with Gasteiger partial charge in [0, 0.05) is 32.7 Å². The Bertz CT molecular complexity index is 439. The zero-order valence-electron chi connectivity index (χ0n) is 16.6. The average molecular weight is 389 g/mol. The van der Waals surface area contributed by atoms with Gasteiger partial charge in [-0.3, -0.25) is 4.79 Å². The van der Waals surface area contributed by atoms with Crippen LogP contribution < -0.4 is 10.6 Å². The predicted octanol–water partition coefficient (Wildman–Crippen LogP) is 2.33. The zero-order chi connectivity index (χ0) is 18.2. The first kappa shape index (κ1) is 23.0. The molecule has 0 aromatic carbocycles. The van der Waals surface area contributed by atoms with E-state index in [0.29, 0.717) is 19.0 Å². The molecule has 1 unspecified atom stereocenters. The molecule has 2 aliphatic rings. The highest BCUT2D eigenvalue weighted by atomic mass is 35.5. The van der Waals surface area contributed by atoms with E-state index >= 15 is 0 Å². The summed E-state index contributed by atoms with van der Waals surface area (Å²) in [6.45, 7) is 9.01. The van der Waals surface area contributed by atoms with Crippen molar-refractivity contribution >= 4 is 24.3 Å². The summed E-state index contributed by atoms with van der Waals surface area (Å²) in [5, 5.41) is 6.18. The summed E-state index contributed by atoms with van der Waals surface area (Å²) in [5.41, 5.74) is 0. The Morgan fingerprint density at radius 2 is 1.77 bits per heavy atom. The third kappa shape index (κ3) is 6.95. The summed E-state index contributed by atoms with van der Waals surface area (Å²) >= 11 is 0. The maximum absolute atomic E-state index is 12.9. The van der Waals surface area contributed by atoms with Gasteiger partial charge in [-0.1, -0.05) is 13.8 Å². The molecule has 2 rings (SSSR count). The van der Waals surface area contributed by atoms with Crippen LogP contribution in [-0.2, 0) is 4.79 Å². The minimum Gasteiger partial charge on any atom is -0.342 e. The number of nitrogens with one attached hydrogen (secondary N) is 2. The number of carbonyl (C=O) groups is 2. The molecule has 0 aromatic heterocycles. The van der Waals surface area contributed by atoms with Crippen LogP contribution in [0.2, 0.25) is 0 Å². The fraction of sp³-hybridized carbons (Fsp3) is 0.895. The number of piperidine rings is 2. The lowest BCUT2D eigenvalue weighted by atomic mass is 9.91. The normalized spacial score (nSPS) is 21.5. The number of hydrogen-bond donors (Lipinski definition) is 2. The molecule has 1 atom stereocenters. The molecular formula is C19H37ClN4O2. The lowest BCUT2D eigenvalue weighted by molar-refractivity contribution is -0.138. The van der Waals surface area contributed by atoms with Crippen molar-refractivity contribution in [3.05, 3.63) is 0 Å². The second-order valence-corrected chi connectivity index (χ2v) is 8.03. The van der Waals surface area contributed by atoms with E-state index in [2.05, 4.69) is 24.5 Å². The van der Waals surface area contributed by atoms with Gasteiger partial charge in [0.25, 0.3) is 0 Å². The van der Waals surface area contributed by atoms with Gasteiger partial charge >= 0.3 is 6.03 Å². The van der Waals surface area contributed by atoms with Crippen LogP contribution in [0.5, 0.6) is 0 Å². The molecule has 2 aliphatic heterocycles. The highest BCUT2D eigenvalue weighted by molar-refractivity contribution is 5.85. The predicted molar refractivity (Wildman–Crippen MR) is 108 cm³/mol. The monoisotopic (exact) mass is 388 g/mol. The molecular weight excluding hydrogens is 352 g/mol. The van der Waals surface area contributed by atoms with Crippen molar-refractivity contribution in [3.63, 3.8) is 0 Å². The summed E-state index contributed by atoms with van der Waals surface area (Å²) in [7, 11) is 1.99. The van der Waals surface area contributed by atoms with Crippen LogP contribution in [0, 0.1) is 17.8 Å². The second kappa shape index (κ2) is 11.7. The molecule has 2 heterocycles. The number of halogens is 1. The zero-order valence-corrected chi connectivity index (χ0v) is 17.4. The van der Waals surface area contributed by atoms with Gasteiger partial charge in [-0.15, -0.1) is 12.4 Å². The maximum Gasteiger partial charge on any atom is 0.317 e. The average Bonchev–Trinajstić information content (AvgIpc) is 2.64. The Morgan fingerprint density at radius 1 is 1.08 bits per heavy atom. The van der Waals surface area contributed by atoms with Gasteiger partial charge in [-0.25, -0.2) is 4.79 Å². The van der Waals surface area contributed by atoms with Gasteiger partial charge in [0.05, 0.1) is 5.92 Å². The van der Waals surface area contributed by atoms with E-state index in [1.807, 2.05) is 16.8 Å². The maximum atomic E-state index is 12.9. The summed E-state index contributed by atoms with van der Waals surface area (Å²) in [4.78, 5) is 29.0. The molecule has 0 spiro atoms. The first-order chi connectivity index (χ1) is 12.0. The molecule has 0 radical (unpaired) electrons. The van der Waals surface area contributed by atoms with Gasteiger partial charge in [0.2, 0.25) is 5.91 Å². The van der Waals surface area contributed by atoms with Crippen molar-refractivity contribution in [1.29, 1.82) is 0 Å². The van der Waals surface area contributed by atoms with E-state index in [0.717, 1.165) is 57.8 Å². The molecule has 152 valence electrons. The van der Waals surface area contributed by atoms with Crippen LogP contribution in [0.25, 0.3) is 0 Å². The topological polar surface area (TPSA) is 64.7 Å². The SMILES string of the molecule is CNCCC1CCN(C(=O)C2CCCN(C(=O)NCC(C)C)C2)CC1.Cl. The van der Waals surface area contributed by atoms with Crippen molar-refractivity contribution in [3.8, 4) is 0 Å². The van der Waals surface area contributed by atoms with Crippen molar-refractivity contribution in [2.24, 2.45) is 17.8 Å². The van der Waals surface area contributed by atoms with Crippen LogP contribution >= 0.6 is 12.4 Å². The van der Waals surface area contributed by atoms with Gasteiger partial charge in [0.15, 0.2) is 0 Å². The molecule has 2 fully saturated rings. The first-order valence-electron chi connectivity index (χ1n) is 9.97. The minimum atomic E-state index is -0.0209. The smallest absolute Gasteiger partial charge is 0.317 e. The molecule has 26 heavy (non-hydrogen) atoms. The highest BCUT2D eigenvalue weighted by Gasteiger charge is 2.32. The quantitative estimate of drug-likeness (QED) is 0.734.